The molecule has 0 aliphatic rings. The van der Waals surface area contributed by atoms with Crippen molar-refractivity contribution in [1.82, 2.24) is 10.0 Å². The Labute approximate surface area is 155 Å². The molecule has 0 spiro atoms. The number of hydrogen-bond acceptors (Lipinski definition) is 3. The molecule has 146 valence electrons. The van der Waals surface area contributed by atoms with E-state index >= 15 is 0 Å². The third-order valence-electron chi connectivity index (χ3n) is 3.72. The molecule has 1 amide bonds. The van der Waals surface area contributed by atoms with Crippen LogP contribution in [0.15, 0.2) is 53.4 Å². The monoisotopic (exact) mass is 400 g/mol. The summed E-state index contributed by atoms with van der Waals surface area (Å²) in [5.41, 5.74) is 0.586. The van der Waals surface area contributed by atoms with Gasteiger partial charge in [-0.15, -0.1) is 0 Å². The Kier molecular flexibility index (Phi) is 6.61. The molecule has 0 aliphatic carbocycles. The Balaban J connectivity index is 1.78. The zero-order valence-electron chi connectivity index (χ0n) is 14.5. The fraction of sp³-hybridized carbons (Fsp3) is 0.278. The smallest absolute Gasteiger partial charge is 0.355 e. The predicted molar refractivity (Wildman–Crippen MR) is 94.5 cm³/mol. The number of alkyl halides is 3. The van der Waals surface area contributed by atoms with Gasteiger partial charge in [-0.25, -0.2) is 13.1 Å². The molecule has 0 saturated carbocycles. The lowest BCUT2D eigenvalue weighted by atomic mass is 10.1. The van der Waals surface area contributed by atoms with Crippen molar-refractivity contribution in [2.45, 2.75) is 24.4 Å². The van der Waals surface area contributed by atoms with E-state index in [1.165, 1.54) is 24.3 Å². The van der Waals surface area contributed by atoms with Crippen molar-refractivity contribution >= 4 is 15.9 Å². The average Bonchev–Trinajstić information content (AvgIpc) is 2.59. The summed E-state index contributed by atoms with van der Waals surface area (Å²) in [6, 6.07) is 10.6. The highest BCUT2D eigenvalue weighted by Gasteiger charge is 2.29. The van der Waals surface area contributed by atoms with Crippen LogP contribution >= 0.6 is 0 Å². The molecule has 5 nitrogen and oxygen atoms in total. The van der Waals surface area contributed by atoms with Gasteiger partial charge in [0.1, 0.15) is 0 Å². The molecular formula is C18H19F3N2O3S. The number of halogens is 3. The Bertz CT molecular complexity index is 878. The molecular weight excluding hydrogens is 381 g/mol. The minimum Gasteiger partial charge on any atom is -0.355 e. The molecule has 0 heterocycles. The van der Waals surface area contributed by atoms with E-state index < -0.39 is 27.7 Å². The van der Waals surface area contributed by atoms with Crippen molar-refractivity contribution in [2.24, 2.45) is 0 Å². The number of rotatable bonds is 7. The molecule has 0 bridgehead atoms. The number of amides is 1. The van der Waals surface area contributed by atoms with E-state index in [0.717, 1.165) is 17.7 Å². The first-order chi connectivity index (χ1) is 12.6. The Morgan fingerprint density at radius 2 is 1.56 bits per heavy atom. The Morgan fingerprint density at radius 1 is 0.963 bits per heavy atom. The molecule has 2 rings (SSSR count). The van der Waals surface area contributed by atoms with Gasteiger partial charge in [0.05, 0.1) is 16.9 Å². The van der Waals surface area contributed by atoms with Gasteiger partial charge in [0, 0.05) is 13.1 Å². The van der Waals surface area contributed by atoms with Crippen molar-refractivity contribution in [2.75, 3.05) is 13.1 Å². The van der Waals surface area contributed by atoms with E-state index in [9.17, 15) is 26.4 Å². The standard InChI is InChI=1S/C18H19F3N2O3S/c1-13-2-8-16(9-3-13)27(25,26)23-11-10-22-17(24)12-14-4-6-15(7-5-14)18(19,20)21/h2-9,23H,10-12H2,1H3,(H,22,24). The van der Waals surface area contributed by atoms with E-state index in [1.807, 2.05) is 6.92 Å². The van der Waals surface area contributed by atoms with E-state index in [-0.39, 0.29) is 24.4 Å². The number of benzene rings is 2. The third kappa shape index (κ3) is 6.37. The SMILES string of the molecule is Cc1ccc(S(=O)(=O)NCCNC(=O)Cc2ccc(C(F)(F)F)cc2)cc1. The zero-order chi connectivity index (χ0) is 20.1. The van der Waals surface area contributed by atoms with Crippen LogP contribution in [-0.4, -0.2) is 27.4 Å². The van der Waals surface area contributed by atoms with Crippen molar-refractivity contribution in [3.05, 3.63) is 65.2 Å². The topological polar surface area (TPSA) is 75.3 Å². The highest BCUT2D eigenvalue weighted by atomic mass is 32.2. The predicted octanol–water partition coefficient (Wildman–Crippen LogP) is 2.65. The lowest BCUT2D eigenvalue weighted by Crippen LogP contribution is -2.35. The number of carbonyl (C=O) groups is 1. The quantitative estimate of drug-likeness (QED) is 0.702. The molecule has 2 aromatic carbocycles. The Morgan fingerprint density at radius 3 is 2.11 bits per heavy atom. The highest BCUT2D eigenvalue weighted by molar-refractivity contribution is 7.89. The zero-order valence-corrected chi connectivity index (χ0v) is 15.3. The van der Waals surface area contributed by atoms with Gasteiger partial charge in [0.2, 0.25) is 15.9 Å². The van der Waals surface area contributed by atoms with Gasteiger partial charge in [-0.3, -0.25) is 4.79 Å². The summed E-state index contributed by atoms with van der Waals surface area (Å²) in [7, 11) is -3.66. The normalized spacial score (nSPS) is 12.0. The molecule has 0 aliphatic heterocycles. The summed E-state index contributed by atoms with van der Waals surface area (Å²) in [5.74, 6) is -0.413. The number of sulfonamides is 1. The summed E-state index contributed by atoms with van der Waals surface area (Å²) in [4.78, 5) is 11.9. The molecule has 2 N–H and O–H groups in total. The van der Waals surface area contributed by atoms with Gasteiger partial charge >= 0.3 is 6.18 Å². The van der Waals surface area contributed by atoms with Gasteiger partial charge in [0.15, 0.2) is 0 Å². The van der Waals surface area contributed by atoms with E-state index in [1.54, 1.807) is 12.1 Å². The van der Waals surface area contributed by atoms with Gasteiger partial charge in [0.25, 0.3) is 0 Å². The van der Waals surface area contributed by atoms with Crippen molar-refractivity contribution < 1.29 is 26.4 Å². The summed E-state index contributed by atoms with van der Waals surface area (Å²) in [5, 5.41) is 2.52. The molecule has 9 heteroatoms. The van der Waals surface area contributed by atoms with Crippen LogP contribution in [0.4, 0.5) is 13.2 Å². The van der Waals surface area contributed by atoms with Gasteiger partial charge in [-0.2, -0.15) is 13.2 Å². The van der Waals surface area contributed by atoms with Gasteiger partial charge in [-0.05, 0) is 36.8 Å². The summed E-state index contributed by atoms with van der Waals surface area (Å²) in [6.07, 6.45) is -4.52. The number of aryl methyl sites for hydroxylation is 1. The second-order valence-corrected chi connectivity index (χ2v) is 7.70. The maximum Gasteiger partial charge on any atom is 0.416 e. The van der Waals surface area contributed by atoms with Crippen LogP contribution in [0.2, 0.25) is 0 Å². The van der Waals surface area contributed by atoms with Crippen molar-refractivity contribution in [3.63, 3.8) is 0 Å². The average molecular weight is 400 g/mol. The highest BCUT2D eigenvalue weighted by Crippen LogP contribution is 2.29. The summed E-state index contributed by atoms with van der Waals surface area (Å²) < 4.78 is 64.0. The fourth-order valence-corrected chi connectivity index (χ4v) is 3.28. The van der Waals surface area contributed by atoms with E-state index in [0.29, 0.717) is 5.56 Å². The van der Waals surface area contributed by atoms with Crippen molar-refractivity contribution in [3.8, 4) is 0 Å². The molecule has 0 fully saturated rings. The Hall–Kier alpha value is -2.39. The summed E-state index contributed by atoms with van der Waals surface area (Å²) >= 11 is 0. The molecule has 0 atom stereocenters. The molecule has 2 aromatic rings. The lowest BCUT2D eigenvalue weighted by molar-refractivity contribution is -0.137. The van der Waals surface area contributed by atoms with E-state index in [4.69, 9.17) is 0 Å². The van der Waals surface area contributed by atoms with Gasteiger partial charge < -0.3 is 5.32 Å². The molecule has 0 radical (unpaired) electrons. The number of carbonyl (C=O) groups excluding carboxylic acids is 1. The maximum atomic E-state index is 12.5. The number of nitrogens with one attached hydrogen (secondary N) is 2. The molecule has 0 aromatic heterocycles. The van der Waals surface area contributed by atoms with Gasteiger partial charge in [-0.1, -0.05) is 29.8 Å². The molecule has 0 saturated heterocycles. The van der Waals surface area contributed by atoms with Crippen LogP contribution in [0.3, 0.4) is 0 Å². The molecule has 27 heavy (non-hydrogen) atoms. The van der Waals surface area contributed by atoms with Crippen LogP contribution in [0, 0.1) is 6.92 Å². The van der Waals surface area contributed by atoms with Crippen LogP contribution in [-0.2, 0) is 27.4 Å². The fourth-order valence-electron chi connectivity index (χ4n) is 2.25. The van der Waals surface area contributed by atoms with Crippen LogP contribution in [0.5, 0.6) is 0 Å². The van der Waals surface area contributed by atoms with E-state index in [2.05, 4.69) is 10.0 Å². The largest absolute Gasteiger partial charge is 0.416 e. The second-order valence-electron chi connectivity index (χ2n) is 5.93. The van der Waals surface area contributed by atoms with Crippen LogP contribution in [0.25, 0.3) is 0 Å². The second kappa shape index (κ2) is 8.53. The minimum atomic E-state index is -4.42. The molecule has 0 unspecified atom stereocenters. The van der Waals surface area contributed by atoms with Crippen LogP contribution < -0.4 is 10.0 Å². The number of hydrogen-bond donors (Lipinski definition) is 2. The first-order valence-corrected chi connectivity index (χ1v) is 9.55. The maximum absolute atomic E-state index is 12.5. The minimum absolute atomic E-state index is 0.00500. The summed E-state index contributed by atoms with van der Waals surface area (Å²) in [6.45, 7) is 1.90. The first kappa shape index (κ1) is 20.9. The van der Waals surface area contributed by atoms with Crippen molar-refractivity contribution in [1.29, 1.82) is 0 Å². The van der Waals surface area contributed by atoms with Crippen LogP contribution in [0.1, 0.15) is 16.7 Å². The third-order valence-corrected chi connectivity index (χ3v) is 5.19. The lowest BCUT2D eigenvalue weighted by Gasteiger charge is -2.09. The first-order valence-electron chi connectivity index (χ1n) is 8.07.